The Balaban J connectivity index is 1.94. The summed E-state index contributed by atoms with van der Waals surface area (Å²) < 4.78 is 3.86. The van der Waals surface area contributed by atoms with Crippen LogP contribution in [0.15, 0.2) is 54.0 Å². The van der Waals surface area contributed by atoms with Crippen molar-refractivity contribution in [3.63, 3.8) is 0 Å². The molecule has 22 heavy (non-hydrogen) atoms. The molecule has 0 amide bonds. The minimum absolute atomic E-state index is 0.0438. The summed E-state index contributed by atoms with van der Waals surface area (Å²) in [5.41, 5.74) is 1.13. The third-order valence-electron chi connectivity index (χ3n) is 3.79. The van der Waals surface area contributed by atoms with Gasteiger partial charge in [0.15, 0.2) is 0 Å². The molecule has 5 heteroatoms. The molecule has 3 rings (SSSR count). The third-order valence-corrected chi connectivity index (χ3v) is 5.09. The largest absolute Gasteiger partial charge is 0.329 e. The molecule has 0 bridgehead atoms. The fourth-order valence-electron chi connectivity index (χ4n) is 2.43. The lowest BCUT2D eigenvalue weighted by Gasteiger charge is -2.11. The van der Waals surface area contributed by atoms with E-state index >= 15 is 0 Å². The molecule has 1 atom stereocenters. The molecule has 3 aromatic heterocycles. The van der Waals surface area contributed by atoms with E-state index in [4.69, 9.17) is 0 Å². The lowest BCUT2D eigenvalue weighted by molar-refractivity contribution is 0.579. The van der Waals surface area contributed by atoms with E-state index in [1.807, 2.05) is 38.6 Å². The summed E-state index contributed by atoms with van der Waals surface area (Å²) in [7, 11) is 0. The van der Waals surface area contributed by atoms with Gasteiger partial charge in [-0.2, -0.15) is 0 Å². The SMILES string of the molecule is CC(c1ccc(-c2ccc(=O)n(C(C)C)c2)s1)n1ccnc1. The number of hydrogen-bond donors (Lipinski definition) is 0. The number of nitrogens with zero attached hydrogens (tertiary/aromatic N) is 3. The zero-order chi connectivity index (χ0) is 15.7. The second-order valence-corrected chi connectivity index (χ2v) is 6.76. The fraction of sp³-hybridized carbons (Fsp3) is 0.294. The van der Waals surface area contributed by atoms with Gasteiger partial charge in [0, 0.05) is 46.0 Å². The van der Waals surface area contributed by atoms with Crippen LogP contribution >= 0.6 is 11.3 Å². The Morgan fingerprint density at radius 3 is 2.64 bits per heavy atom. The van der Waals surface area contributed by atoms with Crippen LogP contribution in [-0.4, -0.2) is 14.1 Å². The summed E-state index contributed by atoms with van der Waals surface area (Å²) in [4.78, 5) is 18.4. The molecule has 0 aliphatic carbocycles. The topological polar surface area (TPSA) is 39.8 Å². The Hall–Kier alpha value is -2.14. The van der Waals surface area contributed by atoms with Gasteiger partial charge in [0.2, 0.25) is 0 Å². The average molecular weight is 313 g/mol. The molecule has 0 saturated carbocycles. The van der Waals surface area contributed by atoms with Crippen molar-refractivity contribution < 1.29 is 0 Å². The number of thiophene rings is 1. The van der Waals surface area contributed by atoms with Crippen LogP contribution in [0.2, 0.25) is 0 Å². The minimum Gasteiger partial charge on any atom is -0.329 e. The zero-order valence-electron chi connectivity index (χ0n) is 12.9. The van der Waals surface area contributed by atoms with Gasteiger partial charge in [-0.3, -0.25) is 4.79 Å². The smallest absolute Gasteiger partial charge is 0.250 e. The summed E-state index contributed by atoms with van der Waals surface area (Å²) in [5, 5.41) is 0. The number of hydrogen-bond acceptors (Lipinski definition) is 3. The summed E-state index contributed by atoms with van der Waals surface area (Å²) in [5.74, 6) is 0. The molecule has 114 valence electrons. The van der Waals surface area contributed by atoms with Crippen LogP contribution in [-0.2, 0) is 0 Å². The molecule has 0 N–H and O–H groups in total. The standard InChI is InChI=1S/C17H19N3OS/c1-12(2)20-10-14(4-7-17(20)21)16-6-5-15(22-16)13(3)19-9-8-18-11-19/h4-13H,1-3H3. The van der Waals surface area contributed by atoms with Crippen LogP contribution in [0, 0.1) is 0 Å². The van der Waals surface area contributed by atoms with Crippen molar-refractivity contribution in [1.82, 2.24) is 14.1 Å². The van der Waals surface area contributed by atoms with E-state index in [9.17, 15) is 4.79 Å². The number of rotatable bonds is 4. The van der Waals surface area contributed by atoms with Crippen molar-refractivity contribution in [3.8, 4) is 10.4 Å². The molecule has 0 aromatic carbocycles. The first-order valence-electron chi connectivity index (χ1n) is 7.36. The highest BCUT2D eigenvalue weighted by molar-refractivity contribution is 7.15. The fourth-order valence-corrected chi connectivity index (χ4v) is 3.49. The molecule has 0 spiro atoms. The monoisotopic (exact) mass is 313 g/mol. The van der Waals surface area contributed by atoms with Gasteiger partial charge in [0.1, 0.15) is 0 Å². The minimum atomic E-state index is 0.0438. The van der Waals surface area contributed by atoms with Crippen molar-refractivity contribution in [2.75, 3.05) is 0 Å². The molecular weight excluding hydrogens is 294 g/mol. The van der Waals surface area contributed by atoms with Crippen molar-refractivity contribution in [1.29, 1.82) is 0 Å². The van der Waals surface area contributed by atoms with E-state index in [1.165, 1.54) is 9.75 Å². The third kappa shape index (κ3) is 2.76. The lowest BCUT2D eigenvalue weighted by Crippen LogP contribution is -2.20. The first-order chi connectivity index (χ1) is 10.6. The molecule has 1 unspecified atom stereocenters. The number of pyridine rings is 1. The van der Waals surface area contributed by atoms with Gasteiger partial charge in [0.05, 0.1) is 12.4 Å². The molecule has 0 radical (unpaired) electrons. The molecule has 0 aliphatic rings. The molecule has 0 aliphatic heterocycles. The second-order valence-electron chi connectivity index (χ2n) is 5.64. The second kappa shape index (κ2) is 5.93. The maximum atomic E-state index is 11.9. The molecule has 0 fully saturated rings. The highest BCUT2D eigenvalue weighted by Crippen LogP contribution is 2.32. The predicted molar refractivity (Wildman–Crippen MR) is 90.4 cm³/mol. The first-order valence-corrected chi connectivity index (χ1v) is 8.17. The Morgan fingerprint density at radius 1 is 1.14 bits per heavy atom. The van der Waals surface area contributed by atoms with Crippen LogP contribution in [0.25, 0.3) is 10.4 Å². The van der Waals surface area contributed by atoms with Gasteiger partial charge < -0.3 is 9.13 Å². The predicted octanol–water partition coefficient (Wildman–Crippen LogP) is 3.96. The quantitative estimate of drug-likeness (QED) is 0.731. The van der Waals surface area contributed by atoms with Gasteiger partial charge in [-0.1, -0.05) is 0 Å². The van der Waals surface area contributed by atoms with Crippen LogP contribution in [0.1, 0.15) is 37.7 Å². The van der Waals surface area contributed by atoms with E-state index < -0.39 is 0 Å². The average Bonchev–Trinajstić information content (AvgIpc) is 3.18. The molecule has 3 heterocycles. The van der Waals surface area contributed by atoms with E-state index in [0.717, 1.165) is 5.56 Å². The maximum Gasteiger partial charge on any atom is 0.250 e. The Morgan fingerprint density at radius 2 is 1.95 bits per heavy atom. The normalized spacial score (nSPS) is 12.7. The Labute approximate surface area is 133 Å². The van der Waals surface area contributed by atoms with E-state index in [-0.39, 0.29) is 17.6 Å². The summed E-state index contributed by atoms with van der Waals surface area (Å²) >= 11 is 1.75. The van der Waals surface area contributed by atoms with E-state index in [1.54, 1.807) is 28.2 Å². The number of imidazole rings is 1. The maximum absolute atomic E-state index is 11.9. The van der Waals surface area contributed by atoms with E-state index in [2.05, 4.69) is 28.6 Å². The van der Waals surface area contributed by atoms with Crippen molar-refractivity contribution in [2.45, 2.75) is 32.9 Å². The summed E-state index contributed by atoms with van der Waals surface area (Å²) in [6.45, 7) is 6.20. The van der Waals surface area contributed by atoms with Crippen LogP contribution < -0.4 is 5.56 Å². The Bertz CT molecular complexity index is 815. The van der Waals surface area contributed by atoms with Gasteiger partial charge >= 0.3 is 0 Å². The molecule has 3 aromatic rings. The van der Waals surface area contributed by atoms with Crippen molar-refractivity contribution in [3.05, 3.63) is 64.4 Å². The lowest BCUT2D eigenvalue weighted by atomic mass is 10.2. The summed E-state index contributed by atoms with van der Waals surface area (Å²) in [6.07, 6.45) is 7.56. The van der Waals surface area contributed by atoms with Crippen molar-refractivity contribution >= 4 is 11.3 Å². The van der Waals surface area contributed by atoms with Gasteiger partial charge in [-0.15, -0.1) is 11.3 Å². The summed E-state index contributed by atoms with van der Waals surface area (Å²) in [6, 6.07) is 8.24. The van der Waals surface area contributed by atoms with E-state index in [0.29, 0.717) is 0 Å². The molecule has 4 nitrogen and oxygen atoms in total. The molecule has 0 saturated heterocycles. The molecular formula is C17H19N3OS. The van der Waals surface area contributed by atoms with Gasteiger partial charge in [0.25, 0.3) is 5.56 Å². The highest BCUT2D eigenvalue weighted by Gasteiger charge is 2.12. The van der Waals surface area contributed by atoms with Crippen LogP contribution in [0.5, 0.6) is 0 Å². The Kier molecular flexibility index (Phi) is 3.98. The van der Waals surface area contributed by atoms with Crippen molar-refractivity contribution in [2.24, 2.45) is 0 Å². The van der Waals surface area contributed by atoms with Crippen LogP contribution in [0.4, 0.5) is 0 Å². The van der Waals surface area contributed by atoms with Gasteiger partial charge in [-0.25, -0.2) is 4.98 Å². The van der Waals surface area contributed by atoms with Crippen LogP contribution in [0.3, 0.4) is 0 Å². The number of aromatic nitrogens is 3. The highest BCUT2D eigenvalue weighted by atomic mass is 32.1. The first kappa shape index (κ1) is 14.8. The zero-order valence-corrected chi connectivity index (χ0v) is 13.7. The van der Waals surface area contributed by atoms with Gasteiger partial charge in [-0.05, 0) is 39.0 Å².